The third-order valence-electron chi connectivity index (χ3n) is 3.86. The Kier molecular flexibility index (Phi) is 6.17. The van der Waals surface area contributed by atoms with Crippen molar-refractivity contribution in [2.75, 3.05) is 15.9 Å². The lowest BCUT2D eigenvalue weighted by atomic mass is 10.1. The first-order chi connectivity index (χ1) is 12.6. The summed E-state index contributed by atoms with van der Waals surface area (Å²) in [6, 6.07) is 9.83. The standard InChI is InChI=1S/C18H20FN3O4S/c1-3-16(18(24)21-15-7-5-4-6-14(15)17(20)23)22(27(2,25)26)13-10-8-12(19)9-11-13/h4-11,16H,3H2,1-2H3,(H2,20,23)(H,21,24). The van der Waals surface area contributed by atoms with E-state index in [1.165, 1.54) is 24.3 Å². The number of para-hydroxylation sites is 1. The van der Waals surface area contributed by atoms with Crippen LogP contribution in [0.4, 0.5) is 15.8 Å². The number of rotatable bonds is 7. The monoisotopic (exact) mass is 393 g/mol. The molecule has 0 aliphatic rings. The Hall–Kier alpha value is -2.94. The number of primary amides is 1. The average molecular weight is 393 g/mol. The van der Waals surface area contributed by atoms with E-state index >= 15 is 0 Å². The molecule has 0 fully saturated rings. The van der Waals surface area contributed by atoms with Crippen molar-refractivity contribution in [3.63, 3.8) is 0 Å². The second-order valence-electron chi connectivity index (χ2n) is 5.86. The average Bonchev–Trinajstić information content (AvgIpc) is 2.59. The van der Waals surface area contributed by atoms with E-state index in [1.807, 2.05) is 0 Å². The Labute approximate surface area is 157 Å². The Morgan fingerprint density at radius 2 is 1.74 bits per heavy atom. The van der Waals surface area contributed by atoms with Crippen LogP contribution in [0.5, 0.6) is 0 Å². The van der Waals surface area contributed by atoms with Gasteiger partial charge in [0.25, 0.3) is 5.91 Å². The zero-order valence-electron chi connectivity index (χ0n) is 14.8. The number of sulfonamides is 1. The second kappa shape index (κ2) is 8.17. The highest BCUT2D eigenvalue weighted by Crippen LogP contribution is 2.24. The lowest BCUT2D eigenvalue weighted by Gasteiger charge is -2.30. The van der Waals surface area contributed by atoms with E-state index in [0.29, 0.717) is 0 Å². The largest absolute Gasteiger partial charge is 0.366 e. The van der Waals surface area contributed by atoms with E-state index in [1.54, 1.807) is 19.1 Å². The van der Waals surface area contributed by atoms with Crippen LogP contribution in [0.3, 0.4) is 0 Å². The van der Waals surface area contributed by atoms with E-state index in [-0.39, 0.29) is 23.4 Å². The maximum Gasteiger partial charge on any atom is 0.250 e. The highest BCUT2D eigenvalue weighted by molar-refractivity contribution is 7.92. The van der Waals surface area contributed by atoms with Gasteiger partial charge in [-0.15, -0.1) is 0 Å². The Bertz CT molecular complexity index is 945. The molecule has 27 heavy (non-hydrogen) atoms. The summed E-state index contributed by atoms with van der Waals surface area (Å²) in [6.45, 7) is 1.64. The quantitative estimate of drug-likeness (QED) is 0.751. The number of hydrogen-bond acceptors (Lipinski definition) is 4. The van der Waals surface area contributed by atoms with Crippen LogP contribution in [0.2, 0.25) is 0 Å². The SMILES string of the molecule is CCC(C(=O)Nc1ccccc1C(N)=O)N(c1ccc(F)cc1)S(C)(=O)=O. The van der Waals surface area contributed by atoms with Gasteiger partial charge < -0.3 is 11.1 Å². The van der Waals surface area contributed by atoms with Crippen LogP contribution < -0.4 is 15.4 Å². The molecule has 2 rings (SSSR count). The fourth-order valence-electron chi connectivity index (χ4n) is 2.67. The minimum Gasteiger partial charge on any atom is -0.366 e. The Morgan fingerprint density at radius 3 is 2.26 bits per heavy atom. The van der Waals surface area contributed by atoms with Gasteiger partial charge in [0.2, 0.25) is 15.9 Å². The van der Waals surface area contributed by atoms with E-state index in [2.05, 4.69) is 5.32 Å². The molecule has 9 heteroatoms. The highest BCUT2D eigenvalue weighted by atomic mass is 32.2. The number of carbonyl (C=O) groups excluding carboxylic acids is 2. The van der Waals surface area contributed by atoms with Gasteiger partial charge >= 0.3 is 0 Å². The van der Waals surface area contributed by atoms with Crippen molar-refractivity contribution in [1.82, 2.24) is 0 Å². The van der Waals surface area contributed by atoms with Crippen molar-refractivity contribution in [3.05, 3.63) is 59.9 Å². The van der Waals surface area contributed by atoms with Crippen LogP contribution in [0, 0.1) is 5.82 Å². The van der Waals surface area contributed by atoms with Crippen molar-refractivity contribution in [2.24, 2.45) is 5.73 Å². The molecule has 0 saturated carbocycles. The molecular weight excluding hydrogens is 373 g/mol. The molecule has 7 nitrogen and oxygen atoms in total. The van der Waals surface area contributed by atoms with E-state index < -0.39 is 33.7 Å². The number of anilines is 2. The van der Waals surface area contributed by atoms with Gasteiger partial charge in [-0.25, -0.2) is 12.8 Å². The molecule has 3 N–H and O–H groups in total. The van der Waals surface area contributed by atoms with Gasteiger partial charge in [-0.3, -0.25) is 13.9 Å². The number of carbonyl (C=O) groups is 2. The summed E-state index contributed by atoms with van der Waals surface area (Å²) in [5, 5.41) is 2.56. The first-order valence-corrected chi connectivity index (χ1v) is 9.94. The molecule has 1 unspecified atom stereocenters. The van der Waals surface area contributed by atoms with Crippen molar-refractivity contribution >= 4 is 33.2 Å². The summed E-state index contributed by atoms with van der Waals surface area (Å²) in [6.07, 6.45) is 1.11. The highest BCUT2D eigenvalue weighted by Gasteiger charge is 2.32. The maximum absolute atomic E-state index is 13.2. The molecule has 2 amide bonds. The zero-order valence-corrected chi connectivity index (χ0v) is 15.7. The molecule has 2 aromatic rings. The van der Waals surface area contributed by atoms with Gasteiger partial charge in [0.1, 0.15) is 11.9 Å². The number of nitrogens with two attached hydrogens (primary N) is 1. The second-order valence-corrected chi connectivity index (χ2v) is 7.72. The van der Waals surface area contributed by atoms with Gasteiger partial charge in [0, 0.05) is 0 Å². The van der Waals surface area contributed by atoms with Crippen LogP contribution in [-0.2, 0) is 14.8 Å². The summed E-state index contributed by atoms with van der Waals surface area (Å²) < 4.78 is 38.8. The van der Waals surface area contributed by atoms with E-state index in [9.17, 15) is 22.4 Å². The minimum atomic E-state index is -3.85. The molecule has 144 valence electrons. The molecule has 1 atom stereocenters. The predicted octanol–water partition coefficient (Wildman–Crippen LogP) is 2.11. The number of nitrogens with one attached hydrogen (secondary N) is 1. The van der Waals surface area contributed by atoms with Crippen LogP contribution in [0.1, 0.15) is 23.7 Å². The smallest absolute Gasteiger partial charge is 0.250 e. The van der Waals surface area contributed by atoms with Crippen LogP contribution >= 0.6 is 0 Å². The lowest BCUT2D eigenvalue weighted by molar-refractivity contribution is -0.117. The van der Waals surface area contributed by atoms with Gasteiger partial charge in [-0.1, -0.05) is 19.1 Å². The van der Waals surface area contributed by atoms with Crippen molar-refractivity contribution in [1.29, 1.82) is 0 Å². The first kappa shape index (κ1) is 20.4. The van der Waals surface area contributed by atoms with Gasteiger partial charge in [0.05, 0.1) is 23.2 Å². The molecule has 0 radical (unpaired) electrons. The van der Waals surface area contributed by atoms with Crippen molar-refractivity contribution in [3.8, 4) is 0 Å². The number of benzene rings is 2. The summed E-state index contributed by atoms with van der Waals surface area (Å²) in [7, 11) is -3.85. The fourth-order valence-corrected chi connectivity index (χ4v) is 3.88. The third kappa shape index (κ3) is 4.82. The summed E-state index contributed by atoms with van der Waals surface area (Å²) in [5.41, 5.74) is 5.74. The number of nitrogens with zero attached hydrogens (tertiary/aromatic N) is 1. The topological polar surface area (TPSA) is 110 Å². The lowest BCUT2D eigenvalue weighted by Crippen LogP contribution is -2.47. The zero-order chi connectivity index (χ0) is 20.2. The van der Waals surface area contributed by atoms with Crippen LogP contribution in [0.15, 0.2) is 48.5 Å². The van der Waals surface area contributed by atoms with Gasteiger partial charge in [0.15, 0.2) is 0 Å². The van der Waals surface area contributed by atoms with E-state index in [0.717, 1.165) is 22.7 Å². The van der Waals surface area contributed by atoms with Gasteiger partial charge in [-0.2, -0.15) is 0 Å². The van der Waals surface area contributed by atoms with E-state index in [4.69, 9.17) is 5.73 Å². The Morgan fingerprint density at radius 1 is 1.15 bits per heavy atom. The molecule has 0 aliphatic heterocycles. The molecule has 0 heterocycles. The molecule has 0 spiro atoms. The molecule has 0 aliphatic carbocycles. The first-order valence-electron chi connectivity index (χ1n) is 8.09. The molecular formula is C18H20FN3O4S. The number of hydrogen-bond donors (Lipinski definition) is 2. The van der Waals surface area contributed by atoms with Crippen molar-refractivity contribution < 1.29 is 22.4 Å². The minimum absolute atomic E-state index is 0.105. The van der Waals surface area contributed by atoms with Gasteiger partial charge in [-0.05, 0) is 42.8 Å². The molecule has 2 aromatic carbocycles. The molecule has 0 bridgehead atoms. The summed E-state index contributed by atoms with van der Waals surface area (Å²) >= 11 is 0. The number of halogens is 1. The summed E-state index contributed by atoms with van der Waals surface area (Å²) in [5.74, 6) is -1.89. The maximum atomic E-state index is 13.2. The molecule has 0 aromatic heterocycles. The Balaban J connectivity index is 2.41. The number of amides is 2. The fraction of sp³-hybridized carbons (Fsp3) is 0.222. The van der Waals surface area contributed by atoms with Crippen LogP contribution in [-0.4, -0.2) is 32.5 Å². The summed E-state index contributed by atoms with van der Waals surface area (Å²) in [4.78, 5) is 24.3. The van der Waals surface area contributed by atoms with Crippen molar-refractivity contribution in [2.45, 2.75) is 19.4 Å². The predicted molar refractivity (Wildman–Crippen MR) is 101 cm³/mol. The third-order valence-corrected chi connectivity index (χ3v) is 5.04. The normalized spacial score (nSPS) is 12.3. The molecule has 0 saturated heterocycles. The van der Waals surface area contributed by atoms with Crippen LogP contribution in [0.25, 0.3) is 0 Å².